The third-order valence-electron chi connectivity index (χ3n) is 4.40. The first-order valence-corrected chi connectivity index (χ1v) is 9.78. The molecule has 1 amide bonds. The summed E-state index contributed by atoms with van der Waals surface area (Å²) in [4.78, 5) is 27.4. The smallest absolute Gasteiger partial charge is 0.264 e. The Morgan fingerprint density at radius 1 is 1.15 bits per heavy atom. The van der Waals surface area contributed by atoms with Crippen LogP contribution < -0.4 is 9.64 Å². The molecule has 0 radical (unpaired) electrons. The fraction of sp³-hybridized carbons (Fsp3) is 0.333. The molecule has 1 aliphatic rings. The van der Waals surface area contributed by atoms with Gasteiger partial charge < -0.3 is 9.64 Å². The van der Waals surface area contributed by atoms with Crippen LogP contribution in [0, 0.1) is 0 Å². The number of fused-ring (bicyclic) bond motifs is 1. The second kappa shape index (κ2) is 8.41. The molecule has 0 N–H and O–H groups in total. The Bertz CT molecular complexity index is 788. The number of para-hydroxylation sites is 1. The number of carbonyl (C=O) groups is 2. The van der Waals surface area contributed by atoms with Crippen LogP contribution in [-0.2, 0) is 4.79 Å². The molecule has 1 unspecified atom stereocenters. The molecule has 3 rings (SSSR count). The van der Waals surface area contributed by atoms with Gasteiger partial charge in [0.15, 0.2) is 12.4 Å². The Morgan fingerprint density at radius 2 is 1.88 bits per heavy atom. The Hall–Kier alpha value is -2.27. The predicted molar refractivity (Wildman–Crippen MR) is 105 cm³/mol. The first kappa shape index (κ1) is 18.5. The number of rotatable bonds is 5. The van der Waals surface area contributed by atoms with Crippen molar-refractivity contribution in [2.45, 2.75) is 36.8 Å². The summed E-state index contributed by atoms with van der Waals surface area (Å²) in [6.07, 6.45) is 1.42. The van der Waals surface area contributed by atoms with Gasteiger partial charge in [0.25, 0.3) is 5.91 Å². The van der Waals surface area contributed by atoms with E-state index in [1.807, 2.05) is 41.8 Å². The topological polar surface area (TPSA) is 46.6 Å². The minimum Gasteiger partial charge on any atom is -0.484 e. The molecule has 0 aliphatic carbocycles. The summed E-state index contributed by atoms with van der Waals surface area (Å²) in [6.45, 7) is 4.69. The van der Waals surface area contributed by atoms with Crippen molar-refractivity contribution < 1.29 is 14.3 Å². The van der Waals surface area contributed by atoms with Crippen molar-refractivity contribution in [3.63, 3.8) is 0 Å². The molecule has 1 aliphatic heterocycles. The number of anilines is 1. The molecule has 0 bridgehead atoms. The van der Waals surface area contributed by atoms with E-state index in [4.69, 9.17) is 4.74 Å². The van der Waals surface area contributed by atoms with E-state index < -0.39 is 0 Å². The highest BCUT2D eigenvalue weighted by Crippen LogP contribution is 2.37. The molecule has 0 aromatic heterocycles. The van der Waals surface area contributed by atoms with Crippen LogP contribution >= 0.6 is 11.8 Å². The van der Waals surface area contributed by atoms with Gasteiger partial charge in [-0.15, -0.1) is 11.8 Å². The highest BCUT2D eigenvalue weighted by molar-refractivity contribution is 8.00. The van der Waals surface area contributed by atoms with Crippen molar-refractivity contribution in [1.29, 1.82) is 0 Å². The number of Topliss-reactive ketones (excluding diaryl/α,β-unsaturated/α-hetero) is 1. The average Bonchev–Trinajstić information content (AvgIpc) is 2.84. The van der Waals surface area contributed by atoms with Crippen LogP contribution in [0.3, 0.4) is 0 Å². The summed E-state index contributed by atoms with van der Waals surface area (Å²) >= 11 is 1.81. The third-order valence-corrected chi connectivity index (χ3v) is 5.64. The van der Waals surface area contributed by atoms with E-state index in [0.717, 1.165) is 17.0 Å². The van der Waals surface area contributed by atoms with Gasteiger partial charge >= 0.3 is 0 Å². The van der Waals surface area contributed by atoms with E-state index >= 15 is 0 Å². The summed E-state index contributed by atoms with van der Waals surface area (Å²) in [5, 5.41) is 0.471. The van der Waals surface area contributed by atoms with E-state index in [2.05, 4.69) is 13.0 Å². The largest absolute Gasteiger partial charge is 0.484 e. The summed E-state index contributed by atoms with van der Waals surface area (Å²) in [7, 11) is 0. The van der Waals surface area contributed by atoms with Gasteiger partial charge in [0, 0.05) is 28.7 Å². The van der Waals surface area contributed by atoms with Crippen LogP contribution in [0.5, 0.6) is 5.75 Å². The van der Waals surface area contributed by atoms with Crippen LogP contribution in [0.15, 0.2) is 53.4 Å². The second-order valence-corrected chi connectivity index (χ2v) is 7.80. The molecular weight excluding hydrogens is 346 g/mol. The molecule has 1 heterocycles. The molecule has 4 nitrogen and oxygen atoms in total. The maximum absolute atomic E-state index is 12.8. The maximum atomic E-state index is 12.8. The highest BCUT2D eigenvalue weighted by Gasteiger charge is 2.24. The third kappa shape index (κ3) is 4.28. The molecule has 26 heavy (non-hydrogen) atoms. The molecule has 0 spiro atoms. The summed E-state index contributed by atoms with van der Waals surface area (Å²) in [5.41, 5.74) is 1.62. The zero-order valence-electron chi connectivity index (χ0n) is 15.1. The molecular formula is C21H23NO3S. The van der Waals surface area contributed by atoms with Crippen molar-refractivity contribution in [2.75, 3.05) is 18.1 Å². The number of carbonyl (C=O) groups excluding carboxylic acids is 2. The fourth-order valence-electron chi connectivity index (χ4n) is 2.91. The number of hydrogen-bond acceptors (Lipinski definition) is 4. The van der Waals surface area contributed by atoms with Gasteiger partial charge in [0.2, 0.25) is 0 Å². The molecule has 0 saturated heterocycles. The van der Waals surface area contributed by atoms with Crippen LogP contribution in [0.25, 0.3) is 0 Å². The van der Waals surface area contributed by atoms with Crippen molar-refractivity contribution in [3.8, 4) is 5.75 Å². The van der Waals surface area contributed by atoms with Crippen molar-refractivity contribution in [1.82, 2.24) is 0 Å². The van der Waals surface area contributed by atoms with Crippen molar-refractivity contribution in [2.24, 2.45) is 0 Å². The molecule has 0 saturated carbocycles. The molecule has 5 heteroatoms. The van der Waals surface area contributed by atoms with Crippen LogP contribution in [-0.4, -0.2) is 30.1 Å². The summed E-state index contributed by atoms with van der Waals surface area (Å²) in [6, 6.07) is 15.0. The number of thioether (sulfide) groups is 1. The Labute approximate surface area is 158 Å². The highest BCUT2D eigenvalue weighted by atomic mass is 32.2. The van der Waals surface area contributed by atoms with E-state index in [1.54, 1.807) is 24.3 Å². The quantitative estimate of drug-likeness (QED) is 0.724. The molecule has 2 aromatic rings. The second-order valence-electron chi connectivity index (χ2n) is 6.32. The number of ether oxygens (including phenoxy) is 1. The number of amides is 1. The Balaban J connectivity index is 1.67. The van der Waals surface area contributed by atoms with Crippen LogP contribution in [0.2, 0.25) is 0 Å². The van der Waals surface area contributed by atoms with E-state index in [0.29, 0.717) is 29.5 Å². The monoisotopic (exact) mass is 369 g/mol. The van der Waals surface area contributed by atoms with Gasteiger partial charge in [0.1, 0.15) is 5.75 Å². The predicted octanol–water partition coefficient (Wildman–Crippen LogP) is 4.58. The number of hydrogen-bond donors (Lipinski definition) is 0. The minimum absolute atomic E-state index is 0.0194. The molecule has 0 fully saturated rings. The van der Waals surface area contributed by atoms with Gasteiger partial charge in [-0.3, -0.25) is 9.59 Å². The lowest BCUT2D eigenvalue weighted by atomic mass is 10.1. The zero-order chi connectivity index (χ0) is 18.5. The maximum Gasteiger partial charge on any atom is 0.264 e. The summed E-state index contributed by atoms with van der Waals surface area (Å²) < 4.78 is 5.66. The molecule has 1 atom stereocenters. The van der Waals surface area contributed by atoms with Gasteiger partial charge in [-0.2, -0.15) is 0 Å². The lowest BCUT2D eigenvalue weighted by Crippen LogP contribution is -2.36. The number of nitrogens with zero attached hydrogens (tertiary/aromatic N) is 1. The van der Waals surface area contributed by atoms with Crippen molar-refractivity contribution in [3.05, 3.63) is 54.1 Å². The Morgan fingerprint density at radius 3 is 2.62 bits per heavy atom. The van der Waals surface area contributed by atoms with E-state index in [9.17, 15) is 9.59 Å². The number of benzene rings is 2. The molecule has 2 aromatic carbocycles. The van der Waals surface area contributed by atoms with Gasteiger partial charge in [-0.05, 0) is 42.8 Å². The Kier molecular flexibility index (Phi) is 5.99. The van der Waals surface area contributed by atoms with Crippen LogP contribution in [0.4, 0.5) is 5.69 Å². The van der Waals surface area contributed by atoms with Gasteiger partial charge in [0.05, 0.1) is 5.69 Å². The summed E-state index contributed by atoms with van der Waals surface area (Å²) in [5.74, 6) is 0.637. The van der Waals surface area contributed by atoms with Gasteiger partial charge in [-0.1, -0.05) is 26.0 Å². The fourth-order valence-corrected chi connectivity index (χ4v) is 4.02. The minimum atomic E-state index is -0.0548. The van der Waals surface area contributed by atoms with Gasteiger partial charge in [-0.25, -0.2) is 0 Å². The normalized spacial score (nSPS) is 16.5. The number of ketones is 1. The SMILES string of the molecule is CCC(=O)c1ccc(OCC(=O)N2CCC(C)Sc3ccccc32)cc1. The standard InChI is InChI=1S/C21H23NO3S/c1-3-19(23)16-8-10-17(11-9-16)25-14-21(24)22-13-12-15(2)26-20-7-5-4-6-18(20)22/h4-11,15H,3,12-14H2,1-2H3. The van der Waals surface area contributed by atoms with E-state index in [-0.39, 0.29) is 18.3 Å². The lowest BCUT2D eigenvalue weighted by molar-refractivity contribution is -0.120. The average molecular weight is 369 g/mol. The first-order valence-electron chi connectivity index (χ1n) is 8.90. The zero-order valence-corrected chi connectivity index (χ0v) is 15.9. The first-order chi connectivity index (χ1) is 12.6. The molecule has 136 valence electrons. The van der Waals surface area contributed by atoms with Crippen LogP contribution in [0.1, 0.15) is 37.0 Å². The lowest BCUT2D eigenvalue weighted by Gasteiger charge is -2.22. The van der Waals surface area contributed by atoms with Crippen molar-refractivity contribution >= 4 is 29.1 Å². The van der Waals surface area contributed by atoms with E-state index in [1.165, 1.54) is 0 Å².